The number of aromatic amines is 1. The molecule has 4 nitrogen and oxygen atoms in total. The second-order valence-electron chi connectivity index (χ2n) is 3.84. The van der Waals surface area contributed by atoms with E-state index in [0.29, 0.717) is 11.5 Å². The maximum atomic E-state index is 11.3. The molecule has 1 aromatic rings. The predicted octanol–water partition coefficient (Wildman–Crippen LogP) is 0.771. The number of hydrogen-bond donors (Lipinski definition) is 1. The van der Waals surface area contributed by atoms with Crippen molar-refractivity contribution in [1.29, 1.82) is 0 Å². The van der Waals surface area contributed by atoms with Crippen LogP contribution in [-0.2, 0) is 5.41 Å². The first-order chi connectivity index (χ1) is 5.41. The second kappa shape index (κ2) is 2.69. The zero-order valence-corrected chi connectivity index (χ0v) is 7.80. The molecular weight excluding hydrogens is 154 g/mol. The van der Waals surface area contributed by atoms with Gasteiger partial charge in [0.1, 0.15) is 11.5 Å². The minimum atomic E-state index is -0.242. The summed E-state index contributed by atoms with van der Waals surface area (Å²) >= 11 is 0. The van der Waals surface area contributed by atoms with Gasteiger partial charge in [0.05, 0.1) is 0 Å². The van der Waals surface area contributed by atoms with E-state index in [1.165, 1.54) is 0 Å². The van der Waals surface area contributed by atoms with Crippen LogP contribution in [0.5, 0.6) is 0 Å². The molecule has 0 amide bonds. The molecule has 0 aliphatic carbocycles. The van der Waals surface area contributed by atoms with Crippen LogP contribution in [0.4, 0.5) is 0 Å². The minimum absolute atomic E-state index is 0.144. The molecule has 0 saturated heterocycles. The third-order valence-corrected chi connectivity index (χ3v) is 1.52. The van der Waals surface area contributed by atoms with E-state index >= 15 is 0 Å². The van der Waals surface area contributed by atoms with Crippen LogP contribution in [0.2, 0.25) is 0 Å². The summed E-state index contributed by atoms with van der Waals surface area (Å²) in [4.78, 5) is 13.9. The summed E-state index contributed by atoms with van der Waals surface area (Å²) in [7, 11) is 0. The Balaban J connectivity index is 3.29. The number of nitrogens with zero attached hydrogens (tertiary/aromatic N) is 2. The van der Waals surface area contributed by atoms with E-state index in [9.17, 15) is 4.79 Å². The van der Waals surface area contributed by atoms with Crippen LogP contribution < -0.4 is 5.56 Å². The molecule has 0 unspecified atom stereocenters. The zero-order chi connectivity index (χ0) is 9.35. The summed E-state index contributed by atoms with van der Waals surface area (Å²) in [6.07, 6.45) is 0. The molecule has 66 valence electrons. The fraction of sp³-hybridized carbons (Fsp3) is 0.625. The van der Waals surface area contributed by atoms with Crippen molar-refractivity contribution in [2.24, 2.45) is 0 Å². The van der Waals surface area contributed by atoms with Gasteiger partial charge in [-0.05, 0) is 6.92 Å². The summed E-state index contributed by atoms with van der Waals surface area (Å²) in [5.74, 6) is 0.549. The van der Waals surface area contributed by atoms with Gasteiger partial charge in [-0.25, -0.2) is 0 Å². The van der Waals surface area contributed by atoms with Gasteiger partial charge in [0, 0.05) is 5.41 Å². The van der Waals surface area contributed by atoms with Gasteiger partial charge in [-0.2, -0.15) is 0 Å². The maximum Gasteiger partial charge on any atom is 0.273 e. The van der Waals surface area contributed by atoms with Crippen LogP contribution in [-0.4, -0.2) is 15.2 Å². The largest absolute Gasteiger partial charge is 0.308 e. The van der Waals surface area contributed by atoms with Gasteiger partial charge in [-0.15, -0.1) is 10.2 Å². The molecule has 12 heavy (non-hydrogen) atoms. The Morgan fingerprint density at radius 2 is 1.83 bits per heavy atom. The molecule has 0 atom stereocenters. The monoisotopic (exact) mass is 167 g/mol. The maximum absolute atomic E-state index is 11.3. The summed E-state index contributed by atoms with van der Waals surface area (Å²) in [6, 6.07) is 0. The van der Waals surface area contributed by atoms with Crippen LogP contribution in [0.3, 0.4) is 0 Å². The Morgan fingerprint density at radius 3 is 2.25 bits per heavy atom. The fourth-order valence-corrected chi connectivity index (χ4v) is 0.910. The standard InChI is InChI=1S/C8H13N3O/c1-5-9-7(12)6(11-10-5)8(2,3)4/h1-4H3,(H,9,10,12). The van der Waals surface area contributed by atoms with Gasteiger partial charge in [0.15, 0.2) is 0 Å². The van der Waals surface area contributed by atoms with Crippen LogP contribution in [0.1, 0.15) is 32.3 Å². The van der Waals surface area contributed by atoms with Gasteiger partial charge < -0.3 is 4.98 Å². The molecule has 0 bridgehead atoms. The smallest absolute Gasteiger partial charge is 0.273 e. The van der Waals surface area contributed by atoms with Crippen molar-refractivity contribution in [2.75, 3.05) is 0 Å². The number of aryl methyl sites for hydroxylation is 1. The first-order valence-corrected chi connectivity index (χ1v) is 3.85. The summed E-state index contributed by atoms with van der Waals surface area (Å²) in [5.41, 5.74) is 0.0944. The van der Waals surface area contributed by atoms with E-state index in [1.807, 2.05) is 20.8 Å². The van der Waals surface area contributed by atoms with Gasteiger partial charge in [0.2, 0.25) is 0 Å². The molecule has 4 heteroatoms. The molecule has 1 heterocycles. The third-order valence-electron chi connectivity index (χ3n) is 1.52. The van der Waals surface area contributed by atoms with E-state index < -0.39 is 0 Å². The molecule has 0 aliphatic heterocycles. The number of aromatic nitrogens is 3. The first kappa shape index (κ1) is 8.90. The molecule has 0 radical (unpaired) electrons. The lowest BCUT2D eigenvalue weighted by molar-refractivity contribution is 0.543. The van der Waals surface area contributed by atoms with Crippen LogP contribution in [0.25, 0.3) is 0 Å². The van der Waals surface area contributed by atoms with E-state index in [0.717, 1.165) is 0 Å². The van der Waals surface area contributed by atoms with Crippen LogP contribution in [0.15, 0.2) is 4.79 Å². The highest BCUT2D eigenvalue weighted by Crippen LogP contribution is 2.14. The number of rotatable bonds is 0. The van der Waals surface area contributed by atoms with E-state index in [4.69, 9.17) is 0 Å². The average Bonchev–Trinajstić information content (AvgIpc) is 1.83. The van der Waals surface area contributed by atoms with Crippen molar-refractivity contribution in [3.05, 3.63) is 21.9 Å². The molecule has 1 rings (SSSR count). The Morgan fingerprint density at radius 1 is 1.25 bits per heavy atom. The minimum Gasteiger partial charge on any atom is -0.308 e. The van der Waals surface area contributed by atoms with Crippen molar-refractivity contribution in [1.82, 2.24) is 15.2 Å². The van der Waals surface area contributed by atoms with Gasteiger partial charge in [-0.1, -0.05) is 20.8 Å². The van der Waals surface area contributed by atoms with Crippen molar-refractivity contribution in [2.45, 2.75) is 33.1 Å². The summed E-state index contributed by atoms with van der Waals surface area (Å²) in [6.45, 7) is 7.51. The highest BCUT2D eigenvalue weighted by atomic mass is 16.1. The predicted molar refractivity (Wildman–Crippen MR) is 46.1 cm³/mol. The highest BCUT2D eigenvalue weighted by Gasteiger charge is 2.19. The molecule has 0 spiro atoms. The third kappa shape index (κ3) is 1.69. The van der Waals surface area contributed by atoms with E-state index in [2.05, 4.69) is 15.2 Å². The second-order valence-corrected chi connectivity index (χ2v) is 3.84. The molecular formula is C8H13N3O. The number of hydrogen-bond acceptors (Lipinski definition) is 3. The first-order valence-electron chi connectivity index (χ1n) is 3.85. The fourth-order valence-electron chi connectivity index (χ4n) is 0.910. The van der Waals surface area contributed by atoms with Crippen molar-refractivity contribution >= 4 is 0 Å². The SMILES string of the molecule is Cc1nnc(C(C)(C)C)c(=O)[nH]1. The van der Waals surface area contributed by atoms with Crippen molar-refractivity contribution in [3.8, 4) is 0 Å². The average molecular weight is 167 g/mol. The lowest BCUT2D eigenvalue weighted by atomic mass is 9.93. The Kier molecular flexibility index (Phi) is 2.00. The Bertz CT molecular complexity index is 335. The summed E-state index contributed by atoms with van der Waals surface area (Å²) in [5, 5.41) is 7.66. The van der Waals surface area contributed by atoms with E-state index in [1.54, 1.807) is 6.92 Å². The zero-order valence-electron chi connectivity index (χ0n) is 7.80. The summed E-state index contributed by atoms with van der Waals surface area (Å²) < 4.78 is 0. The lowest BCUT2D eigenvalue weighted by Crippen LogP contribution is -2.28. The van der Waals surface area contributed by atoms with Gasteiger partial charge in [0.25, 0.3) is 5.56 Å². The van der Waals surface area contributed by atoms with E-state index in [-0.39, 0.29) is 11.0 Å². The van der Waals surface area contributed by atoms with Gasteiger partial charge in [-0.3, -0.25) is 4.79 Å². The van der Waals surface area contributed by atoms with Crippen LogP contribution in [0, 0.1) is 6.92 Å². The molecule has 0 aromatic carbocycles. The Hall–Kier alpha value is -1.19. The molecule has 0 saturated carbocycles. The topological polar surface area (TPSA) is 58.6 Å². The highest BCUT2D eigenvalue weighted by molar-refractivity contribution is 5.06. The normalized spacial score (nSPS) is 11.7. The van der Waals surface area contributed by atoms with Gasteiger partial charge >= 0.3 is 0 Å². The number of nitrogens with one attached hydrogen (secondary N) is 1. The molecule has 1 N–H and O–H groups in total. The molecule has 1 aromatic heterocycles. The van der Waals surface area contributed by atoms with Crippen molar-refractivity contribution < 1.29 is 0 Å². The lowest BCUT2D eigenvalue weighted by Gasteiger charge is -2.14. The molecule has 0 aliphatic rings. The molecule has 0 fully saturated rings. The number of H-pyrrole nitrogens is 1. The van der Waals surface area contributed by atoms with Crippen molar-refractivity contribution in [3.63, 3.8) is 0 Å². The van der Waals surface area contributed by atoms with Crippen LogP contribution >= 0.6 is 0 Å². The Labute approximate surface area is 71.0 Å². The quantitative estimate of drug-likeness (QED) is 0.621.